The van der Waals surface area contributed by atoms with E-state index in [4.69, 9.17) is 0 Å². The second-order valence-electron chi connectivity index (χ2n) is 4.78. The summed E-state index contributed by atoms with van der Waals surface area (Å²) in [5.74, 6) is -1.49. The number of rotatable bonds is 5. The van der Waals surface area contributed by atoms with Crippen molar-refractivity contribution in [3.63, 3.8) is 0 Å². The zero-order valence-corrected chi connectivity index (χ0v) is 12.7. The molecule has 2 amide bonds. The zero-order chi connectivity index (χ0) is 15.6. The lowest BCUT2D eigenvalue weighted by atomic mass is 10.0. The van der Waals surface area contributed by atoms with Gasteiger partial charge in [-0.2, -0.15) is 0 Å². The van der Waals surface area contributed by atoms with Gasteiger partial charge in [0.05, 0.1) is 11.7 Å². The van der Waals surface area contributed by atoms with Crippen LogP contribution in [0.1, 0.15) is 26.7 Å². The van der Waals surface area contributed by atoms with E-state index in [-0.39, 0.29) is 23.4 Å². The minimum absolute atomic E-state index is 0.0737. The van der Waals surface area contributed by atoms with Crippen molar-refractivity contribution < 1.29 is 19.5 Å². The Morgan fingerprint density at radius 3 is 2.76 bits per heavy atom. The molecule has 2 aliphatic rings. The summed E-state index contributed by atoms with van der Waals surface area (Å²) in [5, 5.41) is 13.6. The Kier molecular flexibility index (Phi) is 4.72. The van der Waals surface area contributed by atoms with Gasteiger partial charge in [0.2, 0.25) is 5.91 Å². The van der Waals surface area contributed by atoms with Gasteiger partial charge in [0.25, 0.3) is 5.91 Å². The topological polar surface area (TPSA) is 89.5 Å². The molecule has 1 fully saturated rings. The van der Waals surface area contributed by atoms with Crippen LogP contribution in [0, 0.1) is 0 Å². The lowest BCUT2D eigenvalue weighted by Crippen LogP contribution is -2.71. The minimum atomic E-state index is -1.36. The van der Waals surface area contributed by atoms with Crippen molar-refractivity contribution in [3.8, 4) is 0 Å². The molecule has 0 spiro atoms. The maximum atomic E-state index is 12.1. The molecule has 0 saturated carbocycles. The van der Waals surface area contributed by atoms with Crippen LogP contribution in [0.5, 0.6) is 0 Å². The molecule has 2 heterocycles. The van der Waals surface area contributed by atoms with Crippen LogP contribution >= 0.6 is 11.8 Å². The number of carbonyl (C=O) groups is 3. The predicted molar refractivity (Wildman–Crippen MR) is 76.8 cm³/mol. The Morgan fingerprint density at radius 1 is 1.48 bits per heavy atom. The van der Waals surface area contributed by atoms with Crippen molar-refractivity contribution in [2.45, 2.75) is 38.1 Å². The number of carboxylic acids is 1. The van der Waals surface area contributed by atoms with Crippen molar-refractivity contribution in [2.24, 2.45) is 0 Å². The predicted octanol–water partition coefficient (Wildman–Crippen LogP) is -0.233. The first kappa shape index (κ1) is 15.6. The van der Waals surface area contributed by atoms with Crippen LogP contribution in [0.4, 0.5) is 0 Å². The lowest BCUT2D eigenvalue weighted by Gasteiger charge is -2.50. The molecule has 2 rings (SSSR count). The van der Waals surface area contributed by atoms with Crippen molar-refractivity contribution in [2.75, 3.05) is 5.75 Å². The van der Waals surface area contributed by atoms with Gasteiger partial charge in [0.1, 0.15) is 11.4 Å². The second kappa shape index (κ2) is 6.34. The molecule has 2 atom stereocenters. The summed E-state index contributed by atoms with van der Waals surface area (Å²) in [6, 6.07) is -0.645. The molecule has 7 heteroatoms. The van der Waals surface area contributed by atoms with Crippen molar-refractivity contribution >= 4 is 29.5 Å². The third-order valence-corrected chi connectivity index (χ3v) is 4.69. The van der Waals surface area contributed by atoms with E-state index in [0.717, 1.165) is 6.42 Å². The SMILES string of the molecule is CCC=CC1=C(C(=O)[O-])N2C(=O)C(NC(=O)CC)[C@H]2SC1. The van der Waals surface area contributed by atoms with E-state index in [1.807, 2.05) is 13.0 Å². The van der Waals surface area contributed by atoms with Crippen molar-refractivity contribution in [1.29, 1.82) is 0 Å². The molecule has 1 saturated heterocycles. The van der Waals surface area contributed by atoms with Gasteiger partial charge in [-0.25, -0.2) is 0 Å². The van der Waals surface area contributed by atoms with Crippen LogP contribution in [0.2, 0.25) is 0 Å². The number of β-lactam (4-membered cyclic amide) rings is 1. The van der Waals surface area contributed by atoms with Crippen LogP contribution < -0.4 is 10.4 Å². The first-order valence-electron chi connectivity index (χ1n) is 6.86. The molecule has 0 bridgehead atoms. The molecular weight excluding hydrogens is 292 g/mol. The van der Waals surface area contributed by atoms with E-state index in [1.54, 1.807) is 13.0 Å². The number of hydrogen-bond donors (Lipinski definition) is 1. The Morgan fingerprint density at radius 2 is 2.19 bits per heavy atom. The molecule has 0 aliphatic carbocycles. The fourth-order valence-corrected chi connectivity index (χ4v) is 3.61. The average molecular weight is 309 g/mol. The normalized spacial score (nSPS) is 24.9. The Bertz CT molecular complexity index is 541. The summed E-state index contributed by atoms with van der Waals surface area (Å²) in [5.41, 5.74) is 0.502. The number of allylic oxidation sites excluding steroid dienone is 2. The monoisotopic (exact) mass is 309 g/mol. The van der Waals surface area contributed by atoms with E-state index >= 15 is 0 Å². The first-order valence-corrected chi connectivity index (χ1v) is 7.91. The lowest BCUT2D eigenvalue weighted by molar-refractivity contribution is -0.301. The standard InChI is InChI=1S/C14H18N2O4S/c1-3-5-6-8-7-21-13-10(15-9(17)4-2)12(18)16(13)11(8)14(19)20/h5-6,10,13H,3-4,7H2,1-2H3,(H,15,17)(H,19,20)/p-1/t10?,13-/m1/s1. The average Bonchev–Trinajstić information content (AvgIpc) is 2.48. The van der Waals surface area contributed by atoms with Crippen LogP contribution in [0.3, 0.4) is 0 Å². The number of carboxylic acid groups (broad SMARTS) is 1. The summed E-state index contributed by atoms with van der Waals surface area (Å²) in [7, 11) is 0. The number of nitrogens with one attached hydrogen (secondary N) is 1. The van der Waals surface area contributed by atoms with E-state index in [2.05, 4.69) is 5.32 Å². The Hall–Kier alpha value is -1.76. The van der Waals surface area contributed by atoms with E-state index in [0.29, 0.717) is 11.3 Å². The highest BCUT2D eigenvalue weighted by Gasteiger charge is 2.52. The van der Waals surface area contributed by atoms with Gasteiger partial charge in [-0.05, 0) is 12.0 Å². The summed E-state index contributed by atoms with van der Waals surface area (Å²) < 4.78 is 0. The van der Waals surface area contributed by atoms with Gasteiger partial charge in [0, 0.05) is 12.2 Å². The summed E-state index contributed by atoms with van der Waals surface area (Å²) in [6.45, 7) is 3.64. The number of thioether (sulfide) groups is 1. The van der Waals surface area contributed by atoms with Gasteiger partial charge < -0.3 is 15.2 Å². The molecule has 21 heavy (non-hydrogen) atoms. The highest BCUT2D eigenvalue weighted by Crippen LogP contribution is 2.40. The van der Waals surface area contributed by atoms with Crippen LogP contribution in [-0.4, -0.2) is 39.9 Å². The van der Waals surface area contributed by atoms with Gasteiger partial charge in [-0.1, -0.05) is 26.0 Å². The highest BCUT2D eigenvalue weighted by molar-refractivity contribution is 8.00. The third-order valence-electron chi connectivity index (χ3n) is 3.38. The van der Waals surface area contributed by atoms with Crippen LogP contribution in [0.15, 0.2) is 23.4 Å². The first-order chi connectivity index (χ1) is 10.0. The summed E-state index contributed by atoms with van der Waals surface area (Å²) in [4.78, 5) is 36.1. The molecule has 0 aromatic heterocycles. The molecule has 0 aromatic carbocycles. The molecular formula is C14H17N2O4S-. The summed E-state index contributed by atoms with van der Waals surface area (Å²) in [6.07, 6.45) is 4.63. The molecule has 0 aromatic rings. The molecule has 114 valence electrons. The van der Waals surface area contributed by atoms with Gasteiger partial charge >= 0.3 is 0 Å². The third kappa shape index (κ3) is 2.83. The Labute approximate surface area is 127 Å². The number of aliphatic carboxylic acids is 1. The van der Waals surface area contributed by atoms with Gasteiger partial charge in [-0.15, -0.1) is 11.8 Å². The maximum Gasteiger partial charge on any atom is 0.253 e. The fraction of sp³-hybridized carbons (Fsp3) is 0.500. The maximum absolute atomic E-state index is 12.1. The number of hydrogen-bond acceptors (Lipinski definition) is 5. The largest absolute Gasteiger partial charge is 0.543 e. The van der Waals surface area contributed by atoms with Crippen molar-refractivity contribution in [1.82, 2.24) is 10.2 Å². The van der Waals surface area contributed by atoms with Crippen LogP contribution in [0.25, 0.3) is 0 Å². The quantitative estimate of drug-likeness (QED) is 0.708. The van der Waals surface area contributed by atoms with Gasteiger partial charge in [-0.3, -0.25) is 14.5 Å². The molecule has 0 radical (unpaired) electrons. The summed E-state index contributed by atoms with van der Waals surface area (Å²) >= 11 is 1.45. The highest BCUT2D eigenvalue weighted by atomic mass is 32.2. The molecule has 2 aliphatic heterocycles. The number of carbonyl (C=O) groups excluding carboxylic acids is 3. The number of amides is 2. The minimum Gasteiger partial charge on any atom is -0.543 e. The van der Waals surface area contributed by atoms with Gasteiger partial charge in [0.15, 0.2) is 0 Å². The molecule has 1 N–H and O–H groups in total. The van der Waals surface area contributed by atoms with Crippen molar-refractivity contribution in [3.05, 3.63) is 23.4 Å². The molecule has 1 unspecified atom stereocenters. The van der Waals surface area contributed by atoms with E-state index < -0.39 is 17.9 Å². The fourth-order valence-electron chi connectivity index (χ4n) is 2.30. The van der Waals surface area contributed by atoms with E-state index in [1.165, 1.54) is 16.7 Å². The van der Waals surface area contributed by atoms with E-state index in [9.17, 15) is 19.5 Å². The number of nitrogens with zero attached hydrogens (tertiary/aromatic N) is 1. The zero-order valence-electron chi connectivity index (χ0n) is 11.9. The molecule has 6 nitrogen and oxygen atoms in total. The second-order valence-corrected chi connectivity index (χ2v) is 5.89. The number of fused-ring (bicyclic) bond motifs is 1. The Balaban J connectivity index is 2.24. The van der Waals surface area contributed by atoms with Crippen LogP contribution in [-0.2, 0) is 14.4 Å². The smallest absolute Gasteiger partial charge is 0.253 e.